The Bertz CT molecular complexity index is 652. The quantitative estimate of drug-likeness (QED) is 0.858. The van der Waals surface area contributed by atoms with Crippen LogP contribution in [0, 0.1) is 0 Å². The monoisotopic (exact) mass is 286 g/mol. The number of hydrogen-bond acceptors (Lipinski definition) is 3. The maximum absolute atomic E-state index is 11.7. The van der Waals surface area contributed by atoms with Crippen LogP contribution < -0.4 is 5.69 Å². The SMILES string of the molecule is Cn1cnc(=O)n1Cc1cccc(CN2CCCCC2)c1. The Morgan fingerprint density at radius 1 is 1.10 bits per heavy atom. The smallest absolute Gasteiger partial charge is 0.299 e. The van der Waals surface area contributed by atoms with E-state index in [0.29, 0.717) is 6.54 Å². The highest BCUT2D eigenvalue weighted by Gasteiger charge is 2.11. The first kappa shape index (κ1) is 14.1. The van der Waals surface area contributed by atoms with E-state index in [9.17, 15) is 4.79 Å². The lowest BCUT2D eigenvalue weighted by molar-refractivity contribution is 0.221. The number of piperidine rings is 1. The number of nitrogens with zero attached hydrogens (tertiary/aromatic N) is 4. The predicted octanol–water partition coefficient (Wildman–Crippen LogP) is 1.62. The zero-order valence-corrected chi connectivity index (χ0v) is 12.5. The fraction of sp³-hybridized carbons (Fsp3) is 0.500. The van der Waals surface area contributed by atoms with Crippen LogP contribution in [0.2, 0.25) is 0 Å². The fourth-order valence-electron chi connectivity index (χ4n) is 2.95. The van der Waals surface area contributed by atoms with E-state index in [4.69, 9.17) is 0 Å². The van der Waals surface area contributed by atoms with Crippen LogP contribution >= 0.6 is 0 Å². The van der Waals surface area contributed by atoms with Crippen molar-refractivity contribution in [3.8, 4) is 0 Å². The lowest BCUT2D eigenvalue weighted by atomic mass is 10.1. The zero-order chi connectivity index (χ0) is 14.7. The largest absolute Gasteiger partial charge is 0.364 e. The predicted molar refractivity (Wildman–Crippen MR) is 82.1 cm³/mol. The van der Waals surface area contributed by atoms with E-state index in [1.807, 2.05) is 7.05 Å². The van der Waals surface area contributed by atoms with Gasteiger partial charge in [0.05, 0.1) is 6.54 Å². The van der Waals surface area contributed by atoms with E-state index in [-0.39, 0.29) is 5.69 Å². The number of aromatic nitrogens is 3. The molecule has 1 aromatic carbocycles. The second kappa shape index (κ2) is 6.26. The molecule has 1 aromatic heterocycles. The highest BCUT2D eigenvalue weighted by Crippen LogP contribution is 2.14. The van der Waals surface area contributed by atoms with Crippen LogP contribution in [0.3, 0.4) is 0 Å². The molecule has 0 N–H and O–H groups in total. The average Bonchev–Trinajstić information content (AvgIpc) is 2.81. The van der Waals surface area contributed by atoms with Gasteiger partial charge in [-0.1, -0.05) is 30.7 Å². The molecule has 2 aromatic rings. The molecule has 1 aliphatic rings. The van der Waals surface area contributed by atoms with E-state index in [1.165, 1.54) is 37.9 Å². The van der Waals surface area contributed by atoms with Crippen LogP contribution in [0.1, 0.15) is 30.4 Å². The molecule has 1 aliphatic heterocycles. The number of rotatable bonds is 4. The molecular weight excluding hydrogens is 264 g/mol. The summed E-state index contributed by atoms with van der Waals surface area (Å²) >= 11 is 0. The number of benzene rings is 1. The van der Waals surface area contributed by atoms with Gasteiger partial charge in [0.15, 0.2) is 0 Å². The minimum Gasteiger partial charge on any atom is -0.299 e. The van der Waals surface area contributed by atoms with Gasteiger partial charge in [-0.05, 0) is 37.1 Å². The molecule has 21 heavy (non-hydrogen) atoms. The van der Waals surface area contributed by atoms with Crippen molar-refractivity contribution in [2.24, 2.45) is 7.05 Å². The van der Waals surface area contributed by atoms with Crippen LogP contribution in [-0.2, 0) is 20.1 Å². The Morgan fingerprint density at radius 2 is 1.81 bits per heavy atom. The van der Waals surface area contributed by atoms with E-state index in [1.54, 1.807) is 15.7 Å². The maximum atomic E-state index is 11.7. The van der Waals surface area contributed by atoms with Crippen molar-refractivity contribution in [1.29, 1.82) is 0 Å². The third-order valence-electron chi connectivity index (χ3n) is 4.12. The van der Waals surface area contributed by atoms with Crippen molar-refractivity contribution in [2.45, 2.75) is 32.4 Å². The van der Waals surface area contributed by atoms with Crippen molar-refractivity contribution < 1.29 is 0 Å². The summed E-state index contributed by atoms with van der Waals surface area (Å²) in [5, 5.41) is 0. The van der Waals surface area contributed by atoms with Crippen LogP contribution in [-0.4, -0.2) is 32.3 Å². The van der Waals surface area contributed by atoms with E-state index >= 15 is 0 Å². The Labute approximate surface area is 124 Å². The van der Waals surface area contributed by atoms with Crippen LogP contribution in [0.15, 0.2) is 35.4 Å². The molecule has 5 heteroatoms. The first-order valence-corrected chi connectivity index (χ1v) is 7.61. The maximum Gasteiger partial charge on any atom is 0.364 e. The van der Waals surface area contributed by atoms with Gasteiger partial charge in [0.2, 0.25) is 0 Å². The van der Waals surface area contributed by atoms with E-state index in [2.05, 4.69) is 34.1 Å². The Kier molecular flexibility index (Phi) is 4.20. The lowest BCUT2D eigenvalue weighted by Crippen LogP contribution is -2.29. The molecule has 112 valence electrons. The Balaban J connectivity index is 1.72. The molecule has 0 radical (unpaired) electrons. The standard InChI is InChI=1S/C16H22N4O/c1-18-13-17-16(21)20(18)12-15-7-5-6-14(10-15)11-19-8-3-2-4-9-19/h5-7,10,13H,2-4,8-9,11-12H2,1H3. The molecule has 5 nitrogen and oxygen atoms in total. The van der Waals surface area contributed by atoms with Gasteiger partial charge >= 0.3 is 5.69 Å². The summed E-state index contributed by atoms with van der Waals surface area (Å²) in [5.41, 5.74) is 2.28. The molecule has 0 atom stereocenters. The molecule has 3 rings (SSSR count). The van der Waals surface area contributed by atoms with Crippen molar-refractivity contribution in [3.05, 3.63) is 52.2 Å². The Morgan fingerprint density at radius 3 is 2.48 bits per heavy atom. The van der Waals surface area contributed by atoms with Gasteiger partial charge in [-0.15, -0.1) is 0 Å². The summed E-state index contributed by atoms with van der Waals surface area (Å²) < 4.78 is 3.37. The Hall–Kier alpha value is -1.88. The fourth-order valence-corrected chi connectivity index (χ4v) is 2.95. The molecule has 0 amide bonds. The van der Waals surface area contributed by atoms with Crippen LogP contribution in [0.25, 0.3) is 0 Å². The van der Waals surface area contributed by atoms with E-state index in [0.717, 1.165) is 12.1 Å². The molecule has 2 heterocycles. The van der Waals surface area contributed by atoms with Crippen molar-refractivity contribution in [3.63, 3.8) is 0 Å². The topological polar surface area (TPSA) is 43.1 Å². The minimum atomic E-state index is -0.195. The summed E-state index contributed by atoms with van der Waals surface area (Å²) in [4.78, 5) is 18.0. The minimum absolute atomic E-state index is 0.195. The molecule has 0 spiro atoms. The lowest BCUT2D eigenvalue weighted by Gasteiger charge is -2.26. The van der Waals surface area contributed by atoms with Crippen LogP contribution in [0.5, 0.6) is 0 Å². The average molecular weight is 286 g/mol. The van der Waals surface area contributed by atoms with Gasteiger partial charge in [-0.2, -0.15) is 4.98 Å². The highest BCUT2D eigenvalue weighted by atomic mass is 16.2. The first-order chi connectivity index (χ1) is 10.2. The molecule has 0 bridgehead atoms. The van der Waals surface area contributed by atoms with Crippen LogP contribution in [0.4, 0.5) is 0 Å². The van der Waals surface area contributed by atoms with Gasteiger partial charge in [0.25, 0.3) is 0 Å². The molecular formula is C16H22N4O. The van der Waals surface area contributed by atoms with E-state index < -0.39 is 0 Å². The van der Waals surface area contributed by atoms with Gasteiger partial charge in [-0.25, -0.2) is 9.48 Å². The summed E-state index contributed by atoms with van der Waals surface area (Å²) in [6.07, 6.45) is 5.54. The van der Waals surface area contributed by atoms with Gasteiger partial charge < -0.3 is 0 Å². The highest BCUT2D eigenvalue weighted by molar-refractivity contribution is 5.23. The number of likely N-dealkylation sites (tertiary alicyclic amines) is 1. The summed E-state index contributed by atoms with van der Waals surface area (Å²) in [5.74, 6) is 0. The van der Waals surface area contributed by atoms with Crippen molar-refractivity contribution in [1.82, 2.24) is 19.2 Å². The molecule has 0 unspecified atom stereocenters. The van der Waals surface area contributed by atoms with Crippen molar-refractivity contribution in [2.75, 3.05) is 13.1 Å². The van der Waals surface area contributed by atoms with Gasteiger partial charge in [-0.3, -0.25) is 9.58 Å². The molecule has 0 aliphatic carbocycles. The van der Waals surface area contributed by atoms with Crippen molar-refractivity contribution >= 4 is 0 Å². The first-order valence-electron chi connectivity index (χ1n) is 7.61. The normalized spacial score (nSPS) is 16.2. The van der Waals surface area contributed by atoms with Gasteiger partial charge in [0, 0.05) is 13.6 Å². The number of hydrogen-bond donors (Lipinski definition) is 0. The molecule has 1 saturated heterocycles. The second-order valence-corrected chi connectivity index (χ2v) is 5.82. The summed E-state index contributed by atoms with van der Waals surface area (Å²) in [6, 6.07) is 8.52. The zero-order valence-electron chi connectivity index (χ0n) is 12.5. The van der Waals surface area contributed by atoms with Gasteiger partial charge in [0.1, 0.15) is 6.33 Å². The molecule has 0 saturated carbocycles. The number of aryl methyl sites for hydroxylation is 1. The molecule has 1 fully saturated rings. The summed E-state index contributed by atoms with van der Waals surface area (Å²) in [6.45, 7) is 3.98. The third-order valence-corrected chi connectivity index (χ3v) is 4.12. The third kappa shape index (κ3) is 3.42. The summed E-state index contributed by atoms with van der Waals surface area (Å²) in [7, 11) is 1.84. The second-order valence-electron chi connectivity index (χ2n) is 5.82.